The predicted octanol–water partition coefficient (Wildman–Crippen LogP) is 5.86. The predicted molar refractivity (Wildman–Crippen MR) is 90.2 cm³/mol. The van der Waals surface area contributed by atoms with Crippen LogP contribution in [0.15, 0.2) is 54.6 Å². The van der Waals surface area contributed by atoms with Crippen LogP contribution >= 0.6 is 0 Å². The van der Waals surface area contributed by atoms with Gasteiger partial charge in [-0.3, -0.25) is 0 Å². The Morgan fingerprint density at radius 1 is 0.905 bits per heavy atom. The first-order valence-electron chi connectivity index (χ1n) is 7.91. The minimum absolute atomic E-state index is 0.561. The van der Waals surface area contributed by atoms with Crippen LogP contribution in [0.1, 0.15) is 39.5 Å². The zero-order chi connectivity index (χ0) is 14.9. The third-order valence-electron chi connectivity index (χ3n) is 3.60. The first-order chi connectivity index (χ1) is 10.3. The molecule has 0 fully saturated rings. The molecule has 0 aromatic heterocycles. The van der Waals surface area contributed by atoms with Gasteiger partial charge in [-0.15, -0.1) is 0 Å². The van der Waals surface area contributed by atoms with Gasteiger partial charge in [0, 0.05) is 11.7 Å². The highest BCUT2D eigenvalue weighted by Gasteiger charge is 2.05. The van der Waals surface area contributed by atoms with Crippen LogP contribution in [0, 0.1) is 0 Å². The fourth-order valence-electron chi connectivity index (χ4n) is 2.31. The number of nitrogens with one attached hydrogen (secondary N) is 1. The third kappa shape index (κ3) is 5.14. The largest absolute Gasteiger partial charge is 0.457 e. The van der Waals surface area contributed by atoms with E-state index < -0.39 is 0 Å². The molecule has 0 aliphatic carbocycles. The Bertz CT molecular complexity index is 507. The molecule has 1 atom stereocenters. The van der Waals surface area contributed by atoms with E-state index in [1.807, 2.05) is 42.5 Å². The topological polar surface area (TPSA) is 21.3 Å². The number of rotatable bonds is 8. The fraction of sp³-hybridized carbons (Fsp3) is 0.368. The third-order valence-corrected chi connectivity index (χ3v) is 3.60. The molecule has 1 N–H and O–H groups in total. The van der Waals surface area contributed by atoms with Gasteiger partial charge >= 0.3 is 0 Å². The average molecular weight is 283 g/mol. The summed E-state index contributed by atoms with van der Waals surface area (Å²) in [5.41, 5.74) is 1.17. The van der Waals surface area contributed by atoms with E-state index >= 15 is 0 Å². The monoisotopic (exact) mass is 283 g/mol. The summed E-state index contributed by atoms with van der Waals surface area (Å²) in [6.45, 7) is 4.47. The second-order valence-corrected chi connectivity index (χ2v) is 5.33. The molecule has 0 saturated heterocycles. The van der Waals surface area contributed by atoms with E-state index in [1.165, 1.54) is 24.9 Å². The summed E-state index contributed by atoms with van der Waals surface area (Å²) in [4.78, 5) is 0. The van der Waals surface area contributed by atoms with Crippen LogP contribution in [-0.2, 0) is 0 Å². The van der Waals surface area contributed by atoms with Gasteiger partial charge in [-0.25, -0.2) is 0 Å². The van der Waals surface area contributed by atoms with Crippen LogP contribution < -0.4 is 10.1 Å². The number of hydrogen-bond donors (Lipinski definition) is 1. The minimum Gasteiger partial charge on any atom is -0.457 e. The number of unbranched alkanes of at least 4 members (excludes halogenated alkanes) is 1. The highest BCUT2D eigenvalue weighted by Crippen LogP contribution is 2.23. The van der Waals surface area contributed by atoms with Gasteiger partial charge in [-0.1, -0.05) is 44.9 Å². The number of benzene rings is 2. The SMILES string of the molecule is CCCCC(CC)Nc1ccc(Oc2ccccc2)cc1. The van der Waals surface area contributed by atoms with Crippen molar-refractivity contribution in [2.75, 3.05) is 5.32 Å². The number of para-hydroxylation sites is 1. The van der Waals surface area contributed by atoms with Crippen molar-refractivity contribution in [1.82, 2.24) is 0 Å². The maximum atomic E-state index is 5.80. The molecule has 0 aliphatic heterocycles. The Kier molecular flexibility index (Phi) is 6.14. The van der Waals surface area contributed by atoms with E-state index in [2.05, 4.69) is 31.3 Å². The van der Waals surface area contributed by atoms with Crippen molar-refractivity contribution in [2.45, 2.75) is 45.6 Å². The summed E-state index contributed by atoms with van der Waals surface area (Å²) in [6, 6.07) is 18.6. The van der Waals surface area contributed by atoms with Crippen LogP contribution in [0.2, 0.25) is 0 Å². The van der Waals surface area contributed by atoms with Gasteiger partial charge in [0.25, 0.3) is 0 Å². The Hall–Kier alpha value is -1.96. The van der Waals surface area contributed by atoms with Crippen molar-refractivity contribution in [1.29, 1.82) is 0 Å². The standard InChI is InChI=1S/C19H25NO/c1-3-5-9-16(4-2)20-17-12-14-19(15-13-17)21-18-10-7-6-8-11-18/h6-8,10-16,20H,3-5,9H2,1-2H3. The first kappa shape index (κ1) is 15.4. The zero-order valence-electron chi connectivity index (χ0n) is 13.0. The summed E-state index contributed by atoms with van der Waals surface area (Å²) in [6.07, 6.45) is 4.92. The molecule has 0 spiro atoms. The van der Waals surface area contributed by atoms with Crippen molar-refractivity contribution >= 4 is 5.69 Å². The molecular weight excluding hydrogens is 258 g/mol. The first-order valence-corrected chi connectivity index (χ1v) is 7.91. The van der Waals surface area contributed by atoms with Crippen molar-refractivity contribution < 1.29 is 4.74 Å². The molecule has 1 unspecified atom stereocenters. The van der Waals surface area contributed by atoms with Gasteiger partial charge < -0.3 is 10.1 Å². The van der Waals surface area contributed by atoms with Gasteiger partial charge in [0.05, 0.1) is 0 Å². The smallest absolute Gasteiger partial charge is 0.127 e. The quantitative estimate of drug-likeness (QED) is 0.655. The summed E-state index contributed by atoms with van der Waals surface area (Å²) >= 11 is 0. The lowest BCUT2D eigenvalue weighted by atomic mass is 10.1. The van der Waals surface area contributed by atoms with Gasteiger partial charge in [0.1, 0.15) is 11.5 Å². The van der Waals surface area contributed by atoms with Crippen molar-refractivity contribution in [3.8, 4) is 11.5 Å². The Morgan fingerprint density at radius 2 is 1.57 bits per heavy atom. The van der Waals surface area contributed by atoms with E-state index in [9.17, 15) is 0 Å². The molecule has 0 saturated carbocycles. The summed E-state index contributed by atoms with van der Waals surface area (Å²) in [5, 5.41) is 3.60. The lowest BCUT2D eigenvalue weighted by molar-refractivity contribution is 0.482. The maximum absolute atomic E-state index is 5.80. The molecule has 2 aromatic rings. The van der Waals surface area contributed by atoms with Crippen LogP contribution in [0.5, 0.6) is 11.5 Å². The van der Waals surface area contributed by atoms with Gasteiger partial charge in [-0.05, 0) is 49.2 Å². The van der Waals surface area contributed by atoms with Crippen LogP contribution in [0.4, 0.5) is 5.69 Å². The molecule has 0 bridgehead atoms. The lowest BCUT2D eigenvalue weighted by Crippen LogP contribution is -2.18. The number of anilines is 1. The Balaban J connectivity index is 1.92. The highest BCUT2D eigenvalue weighted by atomic mass is 16.5. The Morgan fingerprint density at radius 3 is 2.19 bits per heavy atom. The molecule has 0 heterocycles. The molecule has 2 nitrogen and oxygen atoms in total. The second-order valence-electron chi connectivity index (χ2n) is 5.33. The van der Waals surface area contributed by atoms with E-state index in [0.29, 0.717) is 6.04 Å². The van der Waals surface area contributed by atoms with Crippen molar-refractivity contribution in [2.24, 2.45) is 0 Å². The van der Waals surface area contributed by atoms with Crippen LogP contribution in [-0.4, -0.2) is 6.04 Å². The average Bonchev–Trinajstić information content (AvgIpc) is 2.54. The van der Waals surface area contributed by atoms with Gasteiger partial charge in [0.15, 0.2) is 0 Å². The highest BCUT2D eigenvalue weighted by molar-refractivity contribution is 5.47. The van der Waals surface area contributed by atoms with Crippen molar-refractivity contribution in [3.63, 3.8) is 0 Å². The molecule has 21 heavy (non-hydrogen) atoms. The molecule has 2 heteroatoms. The molecule has 112 valence electrons. The Labute approximate surface area is 128 Å². The van der Waals surface area contributed by atoms with E-state index in [0.717, 1.165) is 17.9 Å². The number of hydrogen-bond acceptors (Lipinski definition) is 2. The van der Waals surface area contributed by atoms with Crippen LogP contribution in [0.3, 0.4) is 0 Å². The maximum Gasteiger partial charge on any atom is 0.127 e. The minimum atomic E-state index is 0.561. The van der Waals surface area contributed by atoms with Gasteiger partial charge in [-0.2, -0.15) is 0 Å². The van der Waals surface area contributed by atoms with Crippen molar-refractivity contribution in [3.05, 3.63) is 54.6 Å². The number of ether oxygens (including phenoxy) is 1. The van der Waals surface area contributed by atoms with E-state index in [-0.39, 0.29) is 0 Å². The van der Waals surface area contributed by atoms with Gasteiger partial charge in [0.2, 0.25) is 0 Å². The molecule has 0 aliphatic rings. The molecule has 2 rings (SSSR count). The molecule has 0 amide bonds. The molecule has 2 aromatic carbocycles. The summed E-state index contributed by atoms with van der Waals surface area (Å²) < 4.78 is 5.80. The van der Waals surface area contributed by atoms with E-state index in [4.69, 9.17) is 4.74 Å². The fourth-order valence-corrected chi connectivity index (χ4v) is 2.31. The van der Waals surface area contributed by atoms with E-state index in [1.54, 1.807) is 0 Å². The summed E-state index contributed by atoms with van der Waals surface area (Å²) in [5.74, 6) is 1.74. The lowest BCUT2D eigenvalue weighted by Gasteiger charge is -2.18. The second kappa shape index (κ2) is 8.35. The zero-order valence-corrected chi connectivity index (χ0v) is 13.0. The normalized spacial score (nSPS) is 11.9. The molecule has 0 radical (unpaired) electrons. The molecular formula is C19H25NO. The van der Waals surface area contributed by atoms with Crippen LogP contribution in [0.25, 0.3) is 0 Å². The summed E-state index contributed by atoms with van der Waals surface area (Å²) in [7, 11) is 0.